The molecule has 20 heavy (non-hydrogen) atoms. The minimum absolute atomic E-state index is 0.181. The predicted octanol–water partition coefficient (Wildman–Crippen LogP) is 4.92. The fourth-order valence-corrected chi connectivity index (χ4v) is 4.95. The highest BCUT2D eigenvalue weighted by Crippen LogP contribution is 2.32. The molecule has 0 aliphatic carbocycles. The average molecular weight is 323 g/mol. The van der Waals surface area contributed by atoms with Crippen LogP contribution in [0.25, 0.3) is 0 Å². The monoisotopic (exact) mass is 322 g/mol. The van der Waals surface area contributed by atoms with Crippen LogP contribution in [0.2, 0.25) is 5.02 Å². The molecule has 0 fully saturated rings. The molecule has 1 nitrogen and oxygen atoms in total. The zero-order valence-corrected chi connectivity index (χ0v) is 13.6. The molecule has 0 N–H and O–H groups in total. The maximum atomic E-state index is 12.4. The summed E-state index contributed by atoms with van der Waals surface area (Å²) in [4.78, 5) is 14.7. The summed E-state index contributed by atoms with van der Waals surface area (Å²) in [6, 6.07) is 7.96. The van der Waals surface area contributed by atoms with E-state index in [1.165, 1.54) is 16.2 Å². The van der Waals surface area contributed by atoms with Crippen molar-refractivity contribution in [2.75, 3.05) is 5.75 Å². The van der Waals surface area contributed by atoms with Crippen LogP contribution in [-0.4, -0.2) is 11.5 Å². The summed E-state index contributed by atoms with van der Waals surface area (Å²) in [5.41, 5.74) is 3.39. The molecule has 1 aliphatic heterocycles. The number of rotatable bonds is 3. The molecule has 0 bridgehead atoms. The summed E-state index contributed by atoms with van der Waals surface area (Å²) in [6.07, 6.45) is 1.49. The topological polar surface area (TPSA) is 17.1 Å². The van der Waals surface area contributed by atoms with Crippen LogP contribution >= 0.6 is 34.7 Å². The van der Waals surface area contributed by atoms with Crippen LogP contribution in [0, 0.1) is 6.92 Å². The van der Waals surface area contributed by atoms with Gasteiger partial charge in [0.25, 0.3) is 0 Å². The Bertz CT molecular complexity index is 637. The maximum Gasteiger partial charge on any atom is 0.177 e. The first-order valence-corrected chi connectivity index (χ1v) is 8.96. The van der Waals surface area contributed by atoms with Gasteiger partial charge in [-0.25, -0.2) is 0 Å². The molecule has 4 heteroatoms. The molecule has 0 saturated carbocycles. The van der Waals surface area contributed by atoms with E-state index < -0.39 is 0 Å². The van der Waals surface area contributed by atoms with Crippen LogP contribution in [0.3, 0.4) is 0 Å². The number of carbonyl (C=O) groups excluding carboxylic acids is 1. The highest BCUT2D eigenvalue weighted by atomic mass is 35.5. The molecule has 2 heterocycles. The Morgan fingerprint density at radius 2 is 2.20 bits per heavy atom. The van der Waals surface area contributed by atoms with Crippen LogP contribution in [-0.2, 0) is 18.6 Å². The number of thioether (sulfide) groups is 1. The first-order valence-electron chi connectivity index (χ1n) is 6.61. The van der Waals surface area contributed by atoms with Crippen molar-refractivity contribution < 1.29 is 4.79 Å². The lowest BCUT2D eigenvalue weighted by Gasteiger charge is -2.08. The Kier molecular flexibility index (Phi) is 4.20. The van der Waals surface area contributed by atoms with Crippen LogP contribution in [0.1, 0.15) is 31.2 Å². The molecule has 0 spiro atoms. The molecule has 2 aromatic rings. The number of ketones is 1. The van der Waals surface area contributed by atoms with Crippen molar-refractivity contribution >= 4 is 40.5 Å². The fraction of sp³-hybridized carbons (Fsp3) is 0.312. The van der Waals surface area contributed by atoms with Crippen LogP contribution in [0.4, 0.5) is 0 Å². The Morgan fingerprint density at radius 1 is 1.35 bits per heavy atom. The predicted molar refractivity (Wildman–Crippen MR) is 88.4 cm³/mol. The van der Waals surface area contributed by atoms with Crippen molar-refractivity contribution in [2.24, 2.45) is 0 Å². The molecule has 0 atom stereocenters. The maximum absolute atomic E-state index is 12.4. The molecular formula is C16H15ClOS2. The van der Waals surface area contributed by atoms with E-state index in [0.717, 1.165) is 28.2 Å². The van der Waals surface area contributed by atoms with Gasteiger partial charge in [0.15, 0.2) is 5.78 Å². The van der Waals surface area contributed by atoms with Crippen molar-refractivity contribution in [3.63, 3.8) is 0 Å². The molecular weight excluding hydrogens is 308 g/mol. The van der Waals surface area contributed by atoms with Gasteiger partial charge in [-0.05, 0) is 47.9 Å². The standard InChI is InChI=1S/C16H15ClOS2/c1-10-2-3-11(13(17)6-10)7-14(18)16-8-12-9-19-5-4-15(12)20-16/h2-3,6,8H,4-5,7,9H2,1H3. The van der Waals surface area contributed by atoms with E-state index >= 15 is 0 Å². The number of halogens is 1. The van der Waals surface area contributed by atoms with Gasteiger partial charge in [-0.1, -0.05) is 23.7 Å². The van der Waals surface area contributed by atoms with Gasteiger partial charge in [-0.15, -0.1) is 11.3 Å². The molecule has 1 aromatic carbocycles. The minimum Gasteiger partial charge on any atom is -0.293 e. The highest BCUT2D eigenvalue weighted by Gasteiger charge is 2.18. The summed E-state index contributed by atoms with van der Waals surface area (Å²) in [6.45, 7) is 2.00. The van der Waals surface area contributed by atoms with E-state index in [-0.39, 0.29) is 5.78 Å². The summed E-state index contributed by atoms with van der Waals surface area (Å²) in [7, 11) is 0. The number of benzene rings is 1. The van der Waals surface area contributed by atoms with Gasteiger partial charge in [-0.2, -0.15) is 11.8 Å². The van der Waals surface area contributed by atoms with Gasteiger partial charge in [0.1, 0.15) is 0 Å². The molecule has 0 amide bonds. The smallest absolute Gasteiger partial charge is 0.177 e. The molecule has 1 aliphatic rings. The van der Waals surface area contributed by atoms with Gasteiger partial charge < -0.3 is 0 Å². The molecule has 0 saturated heterocycles. The second-order valence-corrected chi connectivity index (χ2v) is 7.71. The molecule has 104 valence electrons. The second-order valence-electron chi connectivity index (χ2n) is 5.06. The first-order chi connectivity index (χ1) is 9.63. The minimum atomic E-state index is 0.181. The lowest BCUT2D eigenvalue weighted by atomic mass is 10.1. The van der Waals surface area contributed by atoms with E-state index in [1.54, 1.807) is 11.3 Å². The van der Waals surface area contributed by atoms with Gasteiger partial charge in [0, 0.05) is 22.1 Å². The van der Waals surface area contributed by atoms with Crippen molar-refractivity contribution in [3.05, 3.63) is 55.7 Å². The van der Waals surface area contributed by atoms with E-state index in [9.17, 15) is 4.79 Å². The van der Waals surface area contributed by atoms with Crippen LogP contribution < -0.4 is 0 Å². The molecule has 1 aromatic heterocycles. The lowest BCUT2D eigenvalue weighted by Crippen LogP contribution is -2.02. The van der Waals surface area contributed by atoms with Gasteiger partial charge in [-0.3, -0.25) is 4.79 Å². The molecule has 0 unspecified atom stereocenters. The SMILES string of the molecule is Cc1ccc(CC(=O)c2cc3c(s2)CCSC3)c(Cl)c1. The van der Waals surface area contributed by atoms with Crippen molar-refractivity contribution in [1.29, 1.82) is 0 Å². The Balaban J connectivity index is 1.80. The number of thiophene rings is 1. The van der Waals surface area contributed by atoms with Crippen molar-refractivity contribution in [1.82, 2.24) is 0 Å². The van der Waals surface area contributed by atoms with Gasteiger partial charge >= 0.3 is 0 Å². The third-order valence-electron chi connectivity index (χ3n) is 3.46. The summed E-state index contributed by atoms with van der Waals surface area (Å²) in [5, 5.41) is 0.690. The Morgan fingerprint density at radius 3 is 2.95 bits per heavy atom. The second kappa shape index (κ2) is 5.92. The number of hydrogen-bond donors (Lipinski definition) is 0. The van der Waals surface area contributed by atoms with Crippen molar-refractivity contribution in [3.8, 4) is 0 Å². The average Bonchev–Trinajstić information content (AvgIpc) is 2.86. The molecule has 3 rings (SSSR count). The fourth-order valence-electron chi connectivity index (χ4n) is 2.34. The zero-order chi connectivity index (χ0) is 14.1. The quantitative estimate of drug-likeness (QED) is 0.746. The van der Waals surface area contributed by atoms with E-state index in [0.29, 0.717) is 11.4 Å². The highest BCUT2D eigenvalue weighted by molar-refractivity contribution is 7.98. The van der Waals surface area contributed by atoms with Crippen LogP contribution in [0.15, 0.2) is 24.3 Å². The number of carbonyl (C=O) groups is 1. The van der Waals surface area contributed by atoms with Gasteiger partial charge in [0.2, 0.25) is 0 Å². The molecule has 0 radical (unpaired) electrons. The summed E-state index contributed by atoms with van der Waals surface area (Å²) in [5.74, 6) is 2.40. The summed E-state index contributed by atoms with van der Waals surface area (Å²) < 4.78 is 0. The Labute approximate surface area is 132 Å². The van der Waals surface area contributed by atoms with Crippen LogP contribution in [0.5, 0.6) is 0 Å². The van der Waals surface area contributed by atoms with E-state index in [2.05, 4.69) is 6.07 Å². The third kappa shape index (κ3) is 2.95. The summed E-state index contributed by atoms with van der Waals surface area (Å²) >= 11 is 9.82. The Hall–Kier alpha value is -0.770. The van der Waals surface area contributed by atoms with Gasteiger partial charge in [0.05, 0.1) is 4.88 Å². The van der Waals surface area contributed by atoms with Crippen molar-refractivity contribution in [2.45, 2.75) is 25.5 Å². The first kappa shape index (κ1) is 14.2. The largest absolute Gasteiger partial charge is 0.293 e. The number of Topliss-reactive ketones (excluding diaryl/α,β-unsaturated/α-hetero) is 1. The van der Waals surface area contributed by atoms with E-state index in [4.69, 9.17) is 11.6 Å². The normalized spacial score (nSPS) is 14.1. The number of aryl methyl sites for hydroxylation is 2. The zero-order valence-electron chi connectivity index (χ0n) is 11.2. The number of fused-ring (bicyclic) bond motifs is 1. The van der Waals surface area contributed by atoms with E-state index in [1.807, 2.05) is 36.9 Å². The number of hydrogen-bond acceptors (Lipinski definition) is 3. The lowest BCUT2D eigenvalue weighted by molar-refractivity contribution is 0.0997. The third-order valence-corrected chi connectivity index (χ3v) is 6.10.